The van der Waals surface area contributed by atoms with Crippen molar-refractivity contribution in [1.82, 2.24) is 9.80 Å². The van der Waals surface area contributed by atoms with Crippen LogP contribution in [0.25, 0.3) is 0 Å². The zero-order chi connectivity index (χ0) is 78.5. The molecule has 0 aliphatic heterocycles. The first-order valence-corrected chi connectivity index (χ1v) is 51.1. The van der Waals surface area contributed by atoms with Gasteiger partial charge in [0.2, 0.25) is 0 Å². The van der Waals surface area contributed by atoms with Crippen molar-refractivity contribution < 1.29 is 19.8 Å². The number of hydrogen-bond acceptors (Lipinski definition) is 6. The molecule has 0 heterocycles. The monoisotopic (exact) mass is 1560 g/mol. The summed E-state index contributed by atoms with van der Waals surface area (Å²) in [5.41, 5.74) is 0. The van der Waals surface area contributed by atoms with Crippen molar-refractivity contribution >= 4 is 49.7 Å². The van der Waals surface area contributed by atoms with Gasteiger partial charge in [-0.2, -0.15) is 0 Å². The van der Waals surface area contributed by atoms with Crippen LogP contribution in [0.3, 0.4) is 0 Å². The summed E-state index contributed by atoms with van der Waals surface area (Å²) in [6.45, 7) is 18.2. The Balaban J connectivity index is -0.00000204. The number of carboxylic acids is 2. The van der Waals surface area contributed by atoms with Crippen molar-refractivity contribution in [3.05, 3.63) is 0 Å². The molecular formula is C102H204CaN2O4. The molecule has 0 aromatic heterocycles. The van der Waals surface area contributed by atoms with E-state index < -0.39 is 11.9 Å². The van der Waals surface area contributed by atoms with Gasteiger partial charge in [0.15, 0.2) is 0 Å². The third kappa shape index (κ3) is 100. The smallest absolute Gasteiger partial charge is 0.550 e. The van der Waals surface area contributed by atoms with Crippen LogP contribution < -0.4 is 10.2 Å². The normalized spacial score (nSPS) is 12.2. The van der Waals surface area contributed by atoms with Gasteiger partial charge in [0, 0.05) is 24.0 Å². The van der Waals surface area contributed by atoms with Crippen molar-refractivity contribution in [2.75, 3.05) is 26.2 Å². The third-order valence-electron chi connectivity index (χ3n) is 25.0. The number of carbonyl (C=O) groups excluding carboxylic acids is 2. The van der Waals surface area contributed by atoms with Gasteiger partial charge in [0.05, 0.1) is 0 Å². The van der Waals surface area contributed by atoms with Crippen LogP contribution in [-0.2, 0) is 9.59 Å². The topological polar surface area (TPSA) is 86.7 Å². The average Bonchev–Trinajstić information content (AvgIpc) is 1.06. The van der Waals surface area contributed by atoms with E-state index in [-0.39, 0.29) is 50.6 Å². The van der Waals surface area contributed by atoms with Gasteiger partial charge in [-0.1, -0.05) is 541 Å². The molecular weight excluding hydrogens is 1360 g/mol. The van der Waals surface area contributed by atoms with Crippen molar-refractivity contribution in [3.8, 4) is 0 Å². The quantitative estimate of drug-likeness (QED) is 0.0445. The first kappa shape index (κ1) is 113. The second-order valence-corrected chi connectivity index (χ2v) is 35.9. The Bertz CT molecular complexity index is 1420. The molecule has 0 bridgehead atoms. The molecule has 0 aliphatic rings. The third-order valence-corrected chi connectivity index (χ3v) is 25.0. The molecule has 0 aromatic rings. The Hall–Kier alpha value is 0.120. The molecule has 0 rings (SSSR count). The second kappa shape index (κ2) is 102. The van der Waals surface area contributed by atoms with Crippen molar-refractivity contribution in [1.29, 1.82) is 0 Å². The molecule has 0 saturated carbocycles. The van der Waals surface area contributed by atoms with Crippen LogP contribution in [0.4, 0.5) is 0 Å². The number of unbranched alkanes of at least 4 members (excludes halogenated alkanes) is 80. The fourth-order valence-corrected chi connectivity index (χ4v) is 17.1. The van der Waals surface area contributed by atoms with Crippen molar-refractivity contribution in [2.24, 2.45) is 0 Å². The number of carbonyl (C=O) groups is 2. The predicted molar refractivity (Wildman–Crippen MR) is 487 cm³/mol. The molecule has 0 amide bonds. The van der Waals surface area contributed by atoms with E-state index in [4.69, 9.17) is 0 Å². The van der Waals surface area contributed by atoms with Gasteiger partial charge < -0.3 is 29.6 Å². The van der Waals surface area contributed by atoms with Gasteiger partial charge in [-0.15, -0.1) is 0 Å². The van der Waals surface area contributed by atoms with Crippen LogP contribution in [-0.4, -0.2) is 97.7 Å². The van der Waals surface area contributed by atoms with Gasteiger partial charge in [-0.3, -0.25) is 0 Å². The summed E-state index contributed by atoms with van der Waals surface area (Å²) in [5, 5.41) is 22.2. The zero-order valence-electron chi connectivity index (χ0n) is 76.4. The van der Waals surface area contributed by atoms with E-state index in [0.29, 0.717) is 12.1 Å². The van der Waals surface area contributed by atoms with Gasteiger partial charge in [-0.25, -0.2) is 0 Å². The second-order valence-electron chi connectivity index (χ2n) is 35.9. The number of nitrogens with zero attached hydrogens (tertiary/aromatic N) is 2. The van der Waals surface area contributed by atoms with E-state index in [1.54, 1.807) is 0 Å². The maximum Gasteiger partial charge on any atom is 2.00 e. The molecule has 109 heavy (non-hydrogen) atoms. The Morgan fingerprint density at radius 2 is 0.275 bits per heavy atom. The molecule has 7 heteroatoms. The predicted octanol–water partition coefficient (Wildman–Crippen LogP) is 32.9. The number of rotatable bonds is 96. The minimum atomic E-state index is -0.898. The molecule has 0 spiro atoms. The maximum atomic E-state index is 11.1. The summed E-state index contributed by atoms with van der Waals surface area (Å²) < 4.78 is 0. The summed E-state index contributed by atoms with van der Waals surface area (Å²) in [4.78, 5) is 27.4. The molecule has 648 valence electrons. The van der Waals surface area contributed by atoms with E-state index in [1.165, 1.54) is 539 Å². The Morgan fingerprint density at radius 1 is 0.183 bits per heavy atom. The standard InChI is InChI=1S/2C51H103NO2.Ca/c2*1-4-6-8-10-12-14-16-18-20-22-24-26-28-30-32-34-36-38-40-42-44-48-52(50(3)46-47-51(53)54)49-45-43-41-39-37-35-33-31-29-27-25-23-21-19-17-15-13-11-9-7-5-2;/h2*50H,4-49H2,1-3H3,(H,53,54);/q;;+2/p-2. The van der Waals surface area contributed by atoms with Crippen LogP contribution in [0, 0.1) is 0 Å². The van der Waals surface area contributed by atoms with Crippen LogP contribution in [0.15, 0.2) is 0 Å². The summed E-state index contributed by atoms with van der Waals surface area (Å²) in [6.07, 6.45) is 121. The molecule has 2 unspecified atom stereocenters. The Morgan fingerprint density at radius 3 is 0.367 bits per heavy atom. The Kier molecular flexibility index (Phi) is 106. The number of hydrogen-bond donors (Lipinski definition) is 0. The van der Waals surface area contributed by atoms with Crippen molar-refractivity contribution in [2.45, 2.75) is 619 Å². The molecule has 0 saturated heterocycles. The van der Waals surface area contributed by atoms with Gasteiger partial charge in [-0.05, 0) is 91.4 Å². The van der Waals surface area contributed by atoms with E-state index >= 15 is 0 Å². The average molecular weight is 1560 g/mol. The Labute approximate surface area is 718 Å². The van der Waals surface area contributed by atoms with Crippen LogP contribution in [0.5, 0.6) is 0 Å². The van der Waals surface area contributed by atoms with Crippen LogP contribution in [0.1, 0.15) is 607 Å². The van der Waals surface area contributed by atoms with E-state index in [9.17, 15) is 19.8 Å². The van der Waals surface area contributed by atoms with Crippen LogP contribution >= 0.6 is 0 Å². The van der Waals surface area contributed by atoms with Crippen LogP contribution in [0.2, 0.25) is 0 Å². The largest absolute Gasteiger partial charge is 2.00 e. The maximum absolute atomic E-state index is 11.1. The minimum Gasteiger partial charge on any atom is -0.550 e. The summed E-state index contributed by atoms with van der Waals surface area (Å²) in [7, 11) is 0. The first-order valence-electron chi connectivity index (χ1n) is 51.1. The van der Waals surface area contributed by atoms with Gasteiger partial charge >= 0.3 is 37.7 Å². The molecule has 2 atom stereocenters. The van der Waals surface area contributed by atoms with Gasteiger partial charge in [0.1, 0.15) is 0 Å². The summed E-state index contributed by atoms with van der Waals surface area (Å²) in [5.74, 6) is -1.80. The fraction of sp³-hybridized carbons (Fsp3) is 0.980. The SMILES string of the molecule is CCCCCCCCCCCCCCCCCCCCCCCN(CCCCCCCCCCCCCCCCCCCCCCC)C(C)CCC(=O)[O-].CCCCCCCCCCCCCCCCCCCCCCCN(CCCCCCCCCCCCCCCCCCCCCCC)C(C)CCC(=O)[O-].[Ca+2]. The molecule has 0 aromatic carbocycles. The fourth-order valence-electron chi connectivity index (χ4n) is 17.1. The van der Waals surface area contributed by atoms with E-state index in [0.717, 1.165) is 39.0 Å². The van der Waals surface area contributed by atoms with Gasteiger partial charge in [0.25, 0.3) is 0 Å². The zero-order valence-corrected chi connectivity index (χ0v) is 78.7. The summed E-state index contributed by atoms with van der Waals surface area (Å²) in [6, 6.07) is 0.691. The molecule has 0 N–H and O–H groups in total. The molecule has 0 aliphatic carbocycles. The molecule has 0 radical (unpaired) electrons. The van der Waals surface area contributed by atoms with E-state index in [1.807, 2.05) is 0 Å². The summed E-state index contributed by atoms with van der Waals surface area (Å²) >= 11 is 0. The van der Waals surface area contributed by atoms with Crippen molar-refractivity contribution in [3.63, 3.8) is 0 Å². The molecule has 6 nitrogen and oxygen atoms in total. The molecule has 0 fully saturated rings. The first-order chi connectivity index (χ1) is 53.2. The van der Waals surface area contributed by atoms with E-state index in [2.05, 4.69) is 51.3 Å². The number of aliphatic carboxylic acids is 2. The minimum absolute atomic E-state index is 0. The number of carboxylic acid groups (broad SMARTS) is 2.